The molecular formula is C13H21NO3. The SMILES string of the molecule is O=C(O)C1(C(=O)NCC2CCCCC2)CCC1. The van der Waals surface area contributed by atoms with E-state index in [2.05, 4.69) is 5.32 Å². The number of hydrogen-bond acceptors (Lipinski definition) is 2. The minimum Gasteiger partial charge on any atom is -0.480 e. The Labute approximate surface area is 102 Å². The Morgan fingerprint density at radius 1 is 1.12 bits per heavy atom. The molecule has 0 radical (unpaired) electrons. The van der Waals surface area contributed by atoms with Gasteiger partial charge in [0, 0.05) is 6.54 Å². The molecule has 0 aliphatic heterocycles. The average molecular weight is 239 g/mol. The van der Waals surface area contributed by atoms with E-state index in [9.17, 15) is 9.59 Å². The Kier molecular flexibility index (Phi) is 3.69. The van der Waals surface area contributed by atoms with Crippen molar-refractivity contribution in [3.63, 3.8) is 0 Å². The summed E-state index contributed by atoms with van der Waals surface area (Å²) in [6.45, 7) is 0.661. The molecule has 2 rings (SSSR count). The highest BCUT2D eigenvalue weighted by Crippen LogP contribution is 2.41. The van der Waals surface area contributed by atoms with Gasteiger partial charge in [-0.05, 0) is 31.6 Å². The molecule has 4 heteroatoms. The van der Waals surface area contributed by atoms with E-state index in [-0.39, 0.29) is 5.91 Å². The van der Waals surface area contributed by atoms with Gasteiger partial charge in [0.05, 0.1) is 0 Å². The number of carbonyl (C=O) groups excluding carboxylic acids is 1. The van der Waals surface area contributed by atoms with E-state index in [0.29, 0.717) is 25.3 Å². The Morgan fingerprint density at radius 3 is 2.24 bits per heavy atom. The number of nitrogens with one attached hydrogen (secondary N) is 1. The third kappa shape index (κ3) is 2.45. The summed E-state index contributed by atoms with van der Waals surface area (Å²) in [4.78, 5) is 23.1. The maximum absolute atomic E-state index is 11.9. The zero-order valence-electron chi connectivity index (χ0n) is 10.2. The summed E-state index contributed by atoms with van der Waals surface area (Å²) in [7, 11) is 0. The van der Waals surface area contributed by atoms with Crippen molar-refractivity contribution in [3.05, 3.63) is 0 Å². The topological polar surface area (TPSA) is 66.4 Å². The molecule has 0 aromatic heterocycles. The number of amides is 1. The van der Waals surface area contributed by atoms with E-state index < -0.39 is 11.4 Å². The van der Waals surface area contributed by atoms with Crippen molar-refractivity contribution in [2.45, 2.75) is 51.4 Å². The Morgan fingerprint density at radius 2 is 1.76 bits per heavy atom. The van der Waals surface area contributed by atoms with Crippen molar-refractivity contribution >= 4 is 11.9 Å². The molecule has 2 aliphatic carbocycles. The standard InChI is InChI=1S/C13H21NO3/c15-11(13(12(16)17)7-4-8-13)14-9-10-5-2-1-3-6-10/h10H,1-9H2,(H,14,15)(H,16,17). The summed E-state index contributed by atoms with van der Waals surface area (Å²) in [6.07, 6.45) is 7.96. The molecule has 0 aromatic rings. The lowest BCUT2D eigenvalue weighted by molar-refractivity contribution is -0.162. The van der Waals surface area contributed by atoms with E-state index >= 15 is 0 Å². The van der Waals surface area contributed by atoms with Gasteiger partial charge in [-0.25, -0.2) is 0 Å². The van der Waals surface area contributed by atoms with Crippen LogP contribution in [-0.4, -0.2) is 23.5 Å². The highest BCUT2D eigenvalue weighted by atomic mass is 16.4. The molecule has 1 amide bonds. The van der Waals surface area contributed by atoms with Gasteiger partial charge < -0.3 is 10.4 Å². The molecule has 2 N–H and O–H groups in total. The van der Waals surface area contributed by atoms with E-state index in [0.717, 1.165) is 6.42 Å². The summed E-state index contributed by atoms with van der Waals surface area (Å²) in [5, 5.41) is 12.0. The summed E-state index contributed by atoms with van der Waals surface area (Å²) < 4.78 is 0. The molecule has 2 saturated carbocycles. The van der Waals surface area contributed by atoms with Crippen molar-refractivity contribution in [2.24, 2.45) is 11.3 Å². The molecule has 0 aromatic carbocycles. The molecule has 17 heavy (non-hydrogen) atoms. The van der Waals surface area contributed by atoms with Crippen molar-refractivity contribution in [1.82, 2.24) is 5.32 Å². The van der Waals surface area contributed by atoms with Crippen LogP contribution in [0, 0.1) is 11.3 Å². The Bertz CT molecular complexity index is 304. The first-order chi connectivity index (χ1) is 8.15. The van der Waals surface area contributed by atoms with Crippen LogP contribution < -0.4 is 5.32 Å². The first-order valence-electron chi connectivity index (χ1n) is 6.67. The van der Waals surface area contributed by atoms with Gasteiger partial charge in [-0.1, -0.05) is 25.7 Å². The highest BCUT2D eigenvalue weighted by molar-refractivity contribution is 6.02. The smallest absolute Gasteiger partial charge is 0.319 e. The molecular weight excluding hydrogens is 218 g/mol. The average Bonchev–Trinajstić information content (AvgIpc) is 2.25. The van der Waals surface area contributed by atoms with Gasteiger partial charge in [-0.3, -0.25) is 9.59 Å². The molecule has 0 saturated heterocycles. The van der Waals surface area contributed by atoms with Crippen LogP contribution in [0.4, 0.5) is 0 Å². The number of aliphatic carboxylic acids is 1. The summed E-state index contributed by atoms with van der Waals surface area (Å²) in [5.74, 6) is -0.662. The second-order valence-corrected chi connectivity index (χ2v) is 5.45. The predicted octanol–water partition coefficient (Wildman–Crippen LogP) is 1.94. The van der Waals surface area contributed by atoms with Gasteiger partial charge in [-0.15, -0.1) is 0 Å². The lowest BCUT2D eigenvalue weighted by atomic mass is 9.68. The van der Waals surface area contributed by atoms with Gasteiger partial charge in [0.15, 0.2) is 0 Å². The number of carboxylic acid groups (broad SMARTS) is 1. The van der Waals surface area contributed by atoms with Gasteiger partial charge >= 0.3 is 5.97 Å². The zero-order valence-corrected chi connectivity index (χ0v) is 10.2. The number of hydrogen-bond donors (Lipinski definition) is 2. The van der Waals surface area contributed by atoms with Crippen molar-refractivity contribution in [2.75, 3.05) is 6.54 Å². The summed E-state index contributed by atoms with van der Waals surface area (Å²) >= 11 is 0. The van der Waals surface area contributed by atoms with Gasteiger partial charge in [0.2, 0.25) is 5.91 Å². The summed E-state index contributed by atoms with van der Waals surface area (Å²) in [6, 6.07) is 0. The first-order valence-corrected chi connectivity index (χ1v) is 6.67. The predicted molar refractivity (Wildman–Crippen MR) is 63.5 cm³/mol. The minimum absolute atomic E-state index is 0.262. The van der Waals surface area contributed by atoms with E-state index in [1.165, 1.54) is 32.1 Å². The van der Waals surface area contributed by atoms with Gasteiger partial charge in [-0.2, -0.15) is 0 Å². The fourth-order valence-electron chi connectivity index (χ4n) is 2.87. The second-order valence-electron chi connectivity index (χ2n) is 5.45. The monoisotopic (exact) mass is 239 g/mol. The van der Waals surface area contributed by atoms with Crippen LogP contribution in [0.2, 0.25) is 0 Å². The normalized spacial score (nSPS) is 23.8. The van der Waals surface area contributed by atoms with Gasteiger partial charge in [0.1, 0.15) is 5.41 Å². The molecule has 0 unspecified atom stereocenters. The maximum atomic E-state index is 11.9. The number of carboxylic acids is 1. The number of rotatable bonds is 4. The van der Waals surface area contributed by atoms with Crippen LogP contribution >= 0.6 is 0 Å². The minimum atomic E-state index is -1.10. The molecule has 0 bridgehead atoms. The van der Waals surface area contributed by atoms with Crippen LogP contribution in [0.3, 0.4) is 0 Å². The molecule has 2 fully saturated rings. The van der Waals surface area contributed by atoms with Crippen LogP contribution in [-0.2, 0) is 9.59 Å². The first kappa shape index (κ1) is 12.4. The quantitative estimate of drug-likeness (QED) is 0.737. The Hall–Kier alpha value is -1.06. The van der Waals surface area contributed by atoms with Crippen LogP contribution in [0.5, 0.6) is 0 Å². The maximum Gasteiger partial charge on any atom is 0.319 e. The van der Waals surface area contributed by atoms with Crippen LogP contribution in [0.15, 0.2) is 0 Å². The van der Waals surface area contributed by atoms with Crippen molar-refractivity contribution in [1.29, 1.82) is 0 Å². The molecule has 4 nitrogen and oxygen atoms in total. The van der Waals surface area contributed by atoms with Crippen LogP contribution in [0.25, 0.3) is 0 Å². The molecule has 0 heterocycles. The molecule has 2 aliphatic rings. The Balaban J connectivity index is 1.82. The van der Waals surface area contributed by atoms with Crippen LogP contribution in [0.1, 0.15) is 51.4 Å². The second kappa shape index (κ2) is 5.07. The fourth-order valence-corrected chi connectivity index (χ4v) is 2.87. The van der Waals surface area contributed by atoms with Gasteiger partial charge in [0.25, 0.3) is 0 Å². The number of carbonyl (C=O) groups is 2. The van der Waals surface area contributed by atoms with E-state index in [1.54, 1.807) is 0 Å². The molecule has 0 spiro atoms. The highest BCUT2D eigenvalue weighted by Gasteiger charge is 2.51. The molecule has 0 atom stereocenters. The largest absolute Gasteiger partial charge is 0.480 e. The fraction of sp³-hybridized carbons (Fsp3) is 0.846. The summed E-state index contributed by atoms with van der Waals surface area (Å²) in [5.41, 5.74) is -1.10. The zero-order chi connectivity index (χ0) is 12.3. The van der Waals surface area contributed by atoms with E-state index in [4.69, 9.17) is 5.11 Å². The lowest BCUT2D eigenvalue weighted by Crippen LogP contribution is -2.51. The third-order valence-corrected chi connectivity index (χ3v) is 4.33. The molecule has 96 valence electrons. The third-order valence-electron chi connectivity index (χ3n) is 4.33. The van der Waals surface area contributed by atoms with Crippen molar-refractivity contribution < 1.29 is 14.7 Å². The van der Waals surface area contributed by atoms with Crippen molar-refractivity contribution in [3.8, 4) is 0 Å². The lowest BCUT2D eigenvalue weighted by Gasteiger charge is -2.36. The van der Waals surface area contributed by atoms with E-state index in [1.807, 2.05) is 0 Å².